The highest BCUT2D eigenvalue weighted by molar-refractivity contribution is 5.28. The van der Waals surface area contributed by atoms with Gasteiger partial charge in [0.15, 0.2) is 0 Å². The molecule has 110 valence electrons. The smallest absolute Gasteiger partial charge is 0.0583 e. The molecule has 2 aliphatic heterocycles. The molecule has 2 fully saturated rings. The average molecular weight is 274 g/mol. The Hall–Kier alpha value is -0.930. The van der Waals surface area contributed by atoms with Crippen molar-refractivity contribution in [3.8, 4) is 0 Å². The lowest BCUT2D eigenvalue weighted by Gasteiger charge is -2.20. The van der Waals surface area contributed by atoms with E-state index in [1.807, 2.05) is 0 Å². The third-order valence-corrected chi connectivity index (χ3v) is 4.56. The largest absolute Gasteiger partial charge is 0.381 e. The molecule has 3 nitrogen and oxygen atoms in total. The third kappa shape index (κ3) is 3.04. The Morgan fingerprint density at radius 1 is 1.30 bits per heavy atom. The molecule has 0 N–H and O–H groups in total. The zero-order chi connectivity index (χ0) is 13.9. The lowest BCUT2D eigenvalue weighted by molar-refractivity contribution is 0.193. The fraction of sp³-hybridized carbons (Fsp3) is 0.706. The van der Waals surface area contributed by atoms with Crippen LogP contribution >= 0.6 is 0 Å². The van der Waals surface area contributed by atoms with Gasteiger partial charge in [-0.15, -0.1) is 0 Å². The van der Waals surface area contributed by atoms with Crippen LogP contribution in [0, 0.1) is 0 Å². The summed E-state index contributed by atoms with van der Waals surface area (Å²) in [6.07, 6.45) is 3.83. The highest BCUT2D eigenvalue weighted by atomic mass is 16.5. The molecular formula is C17H26N2O. The van der Waals surface area contributed by atoms with Crippen LogP contribution in [0.25, 0.3) is 0 Å². The molecule has 0 aromatic carbocycles. The first kappa shape index (κ1) is 14.0. The van der Waals surface area contributed by atoms with Gasteiger partial charge in [0.05, 0.1) is 12.3 Å². The molecule has 0 radical (unpaired) electrons. The predicted molar refractivity (Wildman–Crippen MR) is 81.0 cm³/mol. The summed E-state index contributed by atoms with van der Waals surface area (Å²) in [7, 11) is 0. The van der Waals surface area contributed by atoms with E-state index < -0.39 is 0 Å². The molecule has 1 aromatic rings. The molecule has 1 aromatic heterocycles. The van der Waals surface area contributed by atoms with E-state index in [4.69, 9.17) is 9.72 Å². The van der Waals surface area contributed by atoms with Gasteiger partial charge in [-0.2, -0.15) is 0 Å². The molecule has 0 spiro atoms. The molecule has 1 atom stereocenters. The quantitative estimate of drug-likeness (QED) is 0.842. The van der Waals surface area contributed by atoms with Gasteiger partial charge in [-0.1, -0.05) is 19.9 Å². The molecule has 2 aliphatic rings. The van der Waals surface area contributed by atoms with Crippen LogP contribution < -0.4 is 0 Å². The van der Waals surface area contributed by atoms with Crippen LogP contribution in [-0.4, -0.2) is 36.2 Å². The summed E-state index contributed by atoms with van der Waals surface area (Å²) in [6.45, 7) is 9.70. The van der Waals surface area contributed by atoms with E-state index >= 15 is 0 Å². The Morgan fingerprint density at radius 3 is 2.75 bits per heavy atom. The van der Waals surface area contributed by atoms with Crippen molar-refractivity contribution >= 4 is 0 Å². The highest BCUT2D eigenvalue weighted by Crippen LogP contribution is 2.29. The number of hydrogen-bond donors (Lipinski definition) is 0. The summed E-state index contributed by atoms with van der Waals surface area (Å²) < 4.78 is 5.57. The fourth-order valence-electron chi connectivity index (χ4n) is 3.28. The Labute approximate surface area is 122 Å². The number of ether oxygens (including phenoxy) is 1. The maximum atomic E-state index is 5.57. The summed E-state index contributed by atoms with van der Waals surface area (Å²) >= 11 is 0. The van der Waals surface area contributed by atoms with Gasteiger partial charge < -0.3 is 4.74 Å². The predicted octanol–water partition coefficient (Wildman–Crippen LogP) is 3.30. The summed E-state index contributed by atoms with van der Waals surface area (Å²) in [5.41, 5.74) is 3.95. The lowest BCUT2D eigenvalue weighted by atomic mass is 9.95. The second kappa shape index (κ2) is 6.23. The second-order valence-electron chi connectivity index (χ2n) is 6.47. The van der Waals surface area contributed by atoms with Gasteiger partial charge in [0.2, 0.25) is 0 Å². The molecule has 3 heteroatoms. The van der Waals surface area contributed by atoms with Crippen LogP contribution in [0.4, 0.5) is 0 Å². The maximum Gasteiger partial charge on any atom is 0.0583 e. The molecule has 3 heterocycles. The number of likely N-dealkylation sites (tertiary alicyclic amines) is 1. The number of nitrogens with zero attached hydrogens (tertiary/aromatic N) is 2. The van der Waals surface area contributed by atoms with E-state index in [0.29, 0.717) is 11.8 Å². The van der Waals surface area contributed by atoms with E-state index in [9.17, 15) is 0 Å². The average Bonchev–Trinajstić information content (AvgIpc) is 3.11. The van der Waals surface area contributed by atoms with E-state index in [1.54, 1.807) is 0 Å². The molecule has 0 saturated carbocycles. The SMILES string of the molecule is CC(C)c1ccc([C@H]2CCOC2)c(CN2CCCC2)n1. The number of aromatic nitrogens is 1. The summed E-state index contributed by atoms with van der Waals surface area (Å²) in [4.78, 5) is 7.53. The normalized spacial score (nSPS) is 23.9. The monoisotopic (exact) mass is 274 g/mol. The zero-order valence-electron chi connectivity index (χ0n) is 12.8. The van der Waals surface area contributed by atoms with Crippen LogP contribution in [0.2, 0.25) is 0 Å². The van der Waals surface area contributed by atoms with Gasteiger partial charge in [0.25, 0.3) is 0 Å². The van der Waals surface area contributed by atoms with Crippen LogP contribution in [0.5, 0.6) is 0 Å². The first-order chi connectivity index (χ1) is 9.74. The molecule has 0 aliphatic carbocycles. The second-order valence-corrected chi connectivity index (χ2v) is 6.47. The topological polar surface area (TPSA) is 25.4 Å². The number of hydrogen-bond acceptors (Lipinski definition) is 3. The van der Waals surface area contributed by atoms with Crippen molar-refractivity contribution in [2.24, 2.45) is 0 Å². The van der Waals surface area contributed by atoms with Crippen LogP contribution in [0.15, 0.2) is 12.1 Å². The zero-order valence-corrected chi connectivity index (χ0v) is 12.8. The van der Waals surface area contributed by atoms with E-state index in [-0.39, 0.29) is 0 Å². The van der Waals surface area contributed by atoms with Crippen molar-refractivity contribution in [2.45, 2.75) is 51.5 Å². The maximum absolute atomic E-state index is 5.57. The van der Waals surface area contributed by atoms with E-state index in [0.717, 1.165) is 26.2 Å². The molecule has 0 bridgehead atoms. The van der Waals surface area contributed by atoms with Gasteiger partial charge >= 0.3 is 0 Å². The van der Waals surface area contributed by atoms with Crippen molar-refractivity contribution in [3.05, 3.63) is 29.1 Å². The minimum Gasteiger partial charge on any atom is -0.381 e. The van der Waals surface area contributed by atoms with Crippen LogP contribution in [0.3, 0.4) is 0 Å². The molecular weight excluding hydrogens is 248 g/mol. The van der Waals surface area contributed by atoms with Gasteiger partial charge in [0, 0.05) is 24.8 Å². The van der Waals surface area contributed by atoms with Crippen molar-refractivity contribution in [2.75, 3.05) is 26.3 Å². The number of pyridine rings is 1. The Balaban J connectivity index is 1.86. The summed E-state index contributed by atoms with van der Waals surface area (Å²) in [5, 5.41) is 0. The molecule has 3 rings (SSSR count). The minimum atomic E-state index is 0.501. The Bertz CT molecular complexity index is 446. The van der Waals surface area contributed by atoms with Crippen molar-refractivity contribution in [1.82, 2.24) is 9.88 Å². The van der Waals surface area contributed by atoms with E-state index in [1.165, 1.54) is 42.9 Å². The Morgan fingerprint density at radius 2 is 2.10 bits per heavy atom. The summed E-state index contributed by atoms with van der Waals surface area (Å²) in [5.74, 6) is 1.06. The van der Waals surface area contributed by atoms with Gasteiger partial charge in [-0.3, -0.25) is 9.88 Å². The minimum absolute atomic E-state index is 0.501. The van der Waals surface area contributed by atoms with Crippen molar-refractivity contribution in [3.63, 3.8) is 0 Å². The fourth-order valence-corrected chi connectivity index (χ4v) is 3.28. The standard InChI is InChI=1S/C17H26N2O/c1-13(2)16-6-5-15(14-7-10-20-12-14)17(18-16)11-19-8-3-4-9-19/h5-6,13-14H,3-4,7-12H2,1-2H3/t14-/m0/s1. The van der Waals surface area contributed by atoms with Crippen LogP contribution in [-0.2, 0) is 11.3 Å². The lowest BCUT2D eigenvalue weighted by Crippen LogP contribution is -2.21. The highest BCUT2D eigenvalue weighted by Gasteiger charge is 2.23. The Kier molecular flexibility index (Phi) is 4.37. The molecule has 20 heavy (non-hydrogen) atoms. The number of rotatable bonds is 4. The van der Waals surface area contributed by atoms with Gasteiger partial charge in [0.1, 0.15) is 0 Å². The first-order valence-electron chi connectivity index (χ1n) is 8.04. The molecule has 0 amide bonds. The van der Waals surface area contributed by atoms with Crippen molar-refractivity contribution < 1.29 is 4.74 Å². The van der Waals surface area contributed by atoms with Gasteiger partial charge in [-0.25, -0.2) is 0 Å². The van der Waals surface area contributed by atoms with Crippen molar-refractivity contribution in [1.29, 1.82) is 0 Å². The summed E-state index contributed by atoms with van der Waals surface area (Å²) in [6, 6.07) is 4.53. The third-order valence-electron chi connectivity index (χ3n) is 4.56. The van der Waals surface area contributed by atoms with E-state index in [2.05, 4.69) is 30.9 Å². The van der Waals surface area contributed by atoms with Gasteiger partial charge in [-0.05, 0) is 49.9 Å². The van der Waals surface area contributed by atoms with Crippen LogP contribution in [0.1, 0.15) is 61.9 Å². The molecule has 2 saturated heterocycles. The molecule has 0 unspecified atom stereocenters. The first-order valence-corrected chi connectivity index (χ1v) is 8.04.